The molecule has 1 N–H and O–H groups in total. The van der Waals surface area contributed by atoms with Gasteiger partial charge in [0.15, 0.2) is 0 Å². The van der Waals surface area contributed by atoms with E-state index in [2.05, 4.69) is 0 Å². The van der Waals surface area contributed by atoms with Crippen LogP contribution in [0.15, 0.2) is 24.3 Å². The van der Waals surface area contributed by atoms with Crippen molar-refractivity contribution in [3.05, 3.63) is 35.4 Å². The van der Waals surface area contributed by atoms with Gasteiger partial charge >= 0.3 is 5.97 Å². The molecule has 1 aliphatic rings. The number of carboxylic acids is 1. The minimum Gasteiger partial charge on any atom is -0.480 e. The smallest absolute Gasteiger partial charge is 0.327 e. The van der Waals surface area contributed by atoms with Crippen LogP contribution in [0.2, 0.25) is 0 Å². The molecular formula is C14H15NO4. The molecule has 2 rings (SSSR count). The Morgan fingerprint density at radius 3 is 2.05 bits per heavy atom. The number of fused-ring (bicyclic) bond motifs is 1. The Kier molecular flexibility index (Phi) is 3.38. The van der Waals surface area contributed by atoms with E-state index in [0.29, 0.717) is 6.42 Å². The van der Waals surface area contributed by atoms with Crippen molar-refractivity contribution >= 4 is 17.8 Å². The number of nitrogens with zero attached hydrogens (tertiary/aromatic N) is 1. The summed E-state index contributed by atoms with van der Waals surface area (Å²) in [4.78, 5) is 36.7. The van der Waals surface area contributed by atoms with Crippen molar-refractivity contribution in [2.45, 2.75) is 26.3 Å². The normalized spacial score (nSPS) is 17.3. The van der Waals surface area contributed by atoms with Crippen LogP contribution in [0.25, 0.3) is 0 Å². The van der Waals surface area contributed by atoms with Gasteiger partial charge in [0, 0.05) is 0 Å². The van der Waals surface area contributed by atoms with E-state index in [1.165, 1.54) is 0 Å². The van der Waals surface area contributed by atoms with Gasteiger partial charge in [-0.1, -0.05) is 32.4 Å². The molecule has 2 atom stereocenters. The van der Waals surface area contributed by atoms with Gasteiger partial charge in [-0.2, -0.15) is 0 Å². The largest absolute Gasteiger partial charge is 0.480 e. The molecule has 0 aliphatic carbocycles. The van der Waals surface area contributed by atoms with Crippen LogP contribution in [0.4, 0.5) is 0 Å². The average molecular weight is 261 g/mol. The standard InChI is InChI=1S/C14H15NO4/c1-3-8(2)11(14(18)19)15-12(16)9-6-4-5-7-10(9)13(15)17/h4-8,11H,3H2,1-2H3,(H,18,19)/t8-,11-/m1/s1. The predicted octanol–water partition coefficient (Wildman–Crippen LogP) is 1.78. The summed E-state index contributed by atoms with van der Waals surface area (Å²) < 4.78 is 0. The molecule has 100 valence electrons. The summed E-state index contributed by atoms with van der Waals surface area (Å²) in [5.74, 6) is -2.48. The molecule has 0 bridgehead atoms. The van der Waals surface area contributed by atoms with Crippen LogP contribution in [0.1, 0.15) is 41.0 Å². The van der Waals surface area contributed by atoms with Crippen LogP contribution in [-0.4, -0.2) is 33.8 Å². The number of carbonyl (C=O) groups excluding carboxylic acids is 2. The molecule has 1 aromatic rings. The molecule has 0 saturated carbocycles. The summed E-state index contributed by atoms with van der Waals surface area (Å²) in [7, 11) is 0. The molecule has 0 unspecified atom stereocenters. The summed E-state index contributed by atoms with van der Waals surface area (Å²) >= 11 is 0. The zero-order valence-corrected chi connectivity index (χ0v) is 10.8. The maximum atomic E-state index is 12.2. The maximum absolute atomic E-state index is 12.2. The topological polar surface area (TPSA) is 74.7 Å². The molecule has 0 spiro atoms. The van der Waals surface area contributed by atoms with Gasteiger partial charge in [0.1, 0.15) is 6.04 Å². The number of aliphatic carboxylic acids is 1. The Morgan fingerprint density at radius 2 is 1.68 bits per heavy atom. The highest BCUT2D eigenvalue weighted by Gasteiger charge is 2.44. The zero-order valence-electron chi connectivity index (χ0n) is 10.8. The summed E-state index contributed by atoms with van der Waals surface area (Å²) in [5.41, 5.74) is 0.559. The number of hydrogen-bond donors (Lipinski definition) is 1. The summed E-state index contributed by atoms with van der Waals surface area (Å²) in [6, 6.07) is 5.30. The van der Waals surface area contributed by atoms with Gasteiger partial charge < -0.3 is 5.11 Å². The minimum absolute atomic E-state index is 0.280. The second-order valence-corrected chi connectivity index (χ2v) is 4.69. The molecule has 0 fully saturated rings. The van der Waals surface area contributed by atoms with Crippen molar-refractivity contribution in [2.24, 2.45) is 5.92 Å². The van der Waals surface area contributed by atoms with Gasteiger partial charge in [-0.3, -0.25) is 14.5 Å². The number of hydrogen-bond acceptors (Lipinski definition) is 3. The maximum Gasteiger partial charge on any atom is 0.327 e. The highest BCUT2D eigenvalue weighted by atomic mass is 16.4. The highest BCUT2D eigenvalue weighted by molar-refractivity contribution is 6.22. The molecule has 19 heavy (non-hydrogen) atoms. The molecule has 2 amide bonds. The van der Waals surface area contributed by atoms with E-state index in [-0.39, 0.29) is 17.0 Å². The molecule has 0 aromatic heterocycles. The molecule has 5 heteroatoms. The number of benzene rings is 1. The van der Waals surface area contributed by atoms with Gasteiger partial charge in [-0.05, 0) is 18.1 Å². The van der Waals surface area contributed by atoms with E-state index in [4.69, 9.17) is 0 Å². The van der Waals surface area contributed by atoms with E-state index in [0.717, 1.165) is 4.90 Å². The fraction of sp³-hybridized carbons (Fsp3) is 0.357. The first-order valence-electron chi connectivity index (χ1n) is 6.18. The van der Waals surface area contributed by atoms with Crippen molar-refractivity contribution in [3.63, 3.8) is 0 Å². The zero-order chi connectivity index (χ0) is 14.2. The lowest BCUT2D eigenvalue weighted by molar-refractivity contribution is -0.143. The molecule has 0 radical (unpaired) electrons. The Labute approximate surface area is 110 Å². The van der Waals surface area contributed by atoms with Gasteiger partial charge in [0.2, 0.25) is 0 Å². The van der Waals surface area contributed by atoms with Gasteiger partial charge in [0.05, 0.1) is 11.1 Å². The quantitative estimate of drug-likeness (QED) is 0.838. The third-order valence-corrected chi connectivity index (χ3v) is 3.54. The molecule has 1 aromatic carbocycles. The fourth-order valence-corrected chi connectivity index (χ4v) is 2.29. The van der Waals surface area contributed by atoms with E-state index >= 15 is 0 Å². The second-order valence-electron chi connectivity index (χ2n) is 4.69. The van der Waals surface area contributed by atoms with Crippen molar-refractivity contribution < 1.29 is 19.5 Å². The summed E-state index contributed by atoms with van der Waals surface area (Å²) in [6.45, 7) is 3.56. The number of rotatable bonds is 4. The van der Waals surface area contributed by atoms with E-state index < -0.39 is 23.8 Å². The monoisotopic (exact) mass is 261 g/mol. The van der Waals surface area contributed by atoms with Crippen LogP contribution in [-0.2, 0) is 4.79 Å². The van der Waals surface area contributed by atoms with Crippen LogP contribution in [0, 0.1) is 5.92 Å². The Balaban J connectivity index is 2.45. The summed E-state index contributed by atoms with van der Waals surface area (Å²) in [6.07, 6.45) is 0.574. The number of carboxylic acid groups (broad SMARTS) is 1. The number of amides is 2. The molecule has 5 nitrogen and oxygen atoms in total. The number of carbonyl (C=O) groups is 3. The van der Waals surface area contributed by atoms with Crippen molar-refractivity contribution in [1.29, 1.82) is 0 Å². The first-order valence-corrected chi connectivity index (χ1v) is 6.18. The van der Waals surface area contributed by atoms with Crippen LogP contribution in [0.5, 0.6) is 0 Å². The first-order chi connectivity index (χ1) is 8.99. The highest BCUT2D eigenvalue weighted by Crippen LogP contribution is 2.28. The molecule has 1 aliphatic heterocycles. The Bertz CT molecular complexity index is 517. The lowest BCUT2D eigenvalue weighted by atomic mass is 9.98. The predicted molar refractivity (Wildman–Crippen MR) is 67.8 cm³/mol. The van der Waals surface area contributed by atoms with Crippen LogP contribution < -0.4 is 0 Å². The van der Waals surface area contributed by atoms with Crippen molar-refractivity contribution in [2.75, 3.05) is 0 Å². The fourth-order valence-electron chi connectivity index (χ4n) is 2.29. The average Bonchev–Trinajstić information content (AvgIpc) is 2.64. The number of imide groups is 1. The van der Waals surface area contributed by atoms with E-state index in [9.17, 15) is 19.5 Å². The van der Waals surface area contributed by atoms with Crippen molar-refractivity contribution in [1.82, 2.24) is 4.90 Å². The Morgan fingerprint density at radius 1 is 1.21 bits per heavy atom. The van der Waals surface area contributed by atoms with E-state index in [1.54, 1.807) is 31.2 Å². The summed E-state index contributed by atoms with van der Waals surface area (Å²) in [5, 5.41) is 9.30. The lowest BCUT2D eigenvalue weighted by Gasteiger charge is -2.27. The van der Waals surface area contributed by atoms with E-state index in [1.807, 2.05) is 6.92 Å². The van der Waals surface area contributed by atoms with Gasteiger partial charge in [-0.25, -0.2) is 4.79 Å². The van der Waals surface area contributed by atoms with Crippen molar-refractivity contribution in [3.8, 4) is 0 Å². The van der Waals surface area contributed by atoms with Gasteiger partial charge in [0.25, 0.3) is 11.8 Å². The lowest BCUT2D eigenvalue weighted by Crippen LogP contribution is -2.48. The molecular weight excluding hydrogens is 246 g/mol. The first kappa shape index (κ1) is 13.3. The SMILES string of the molecule is CC[C@@H](C)[C@H](C(=O)O)N1C(=O)c2ccccc2C1=O. The van der Waals surface area contributed by atoms with Gasteiger partial charge in [-0.15, -0.1) is 0 Å². The second kappa shape index (κ2) is 4.84. The van der Waals surface area contributed by atoms with Crippen LogP contribution in [0.3, 0.4) is 0 Å². The molecule has 1 heterocycles. The minimum atomic E-state index is -1.15. The third-order valence-electron chi connectivity index (χ3n) is 3.54. The van der Waals surface area contributed by atoms with Crippen LogP contribution >= 0.6 is 0 Å². The molecule has 0 saturated heterocycles. The Hall–Kier alpha value is -2.17. The third kappa shape index (κ3) is 2.01.